The maximum atomic E-state index is 6.00. The lowest BCUT2D eigenvalue weighted by Gasteiger charge is -2.43. The minimum absolute atomic E-state index is 0.115. The fraction of sp³-hybridized carbons (Fsp3) is 0.625. The second-order valence-electron chi connectivity index (χ2n) is 6.52. The van der Waals surface area contributed by atoms with Crippen LogP contribution in [0.4, 0.5) is 5.69 Å². The van der Waals surface area contributed by atoms with Gasteiger partial charge in [-0.2, -0.15) is 0 Å². The van der Waals surface area contributed by atoms with Gasteiger partial charge < -0.3 is 15.4 Å². The molecule has 0 amide bonds. The van der Waals surface area contributed by atoms with E-state index in [1.165, 1.54) is 11.3 Å². The minimum Gasteiger partial charge on any atom is -0.369 e. The second kappa shape index (κ2) is 6.04. The van der Waals surface area contributed by atoms with Crippen molar-refractivity contribution in [3.63, 3.8) is 0 Å². The number of rotatable bonds is 3. The molecule has 4 heteroatoms. The van der Waals surface area contributed by atoms with Gasteiger partial charge in [0.25, 0.3) is 0 Å². The van der Waals surface area contributed by atoms with Crippen LogP contribution in [0.5, 0.6) is 0 Å². The number of benzene rings is 1. The van der Waals surface area contributed by atoms with Crippen LogP contribution in [0.3, 0.4) is 0 Å². The van der Waals surface area contributed by atoms with Gasteiger partial charge in [0.2, 0.25) is 0 Å². The molecular weight excluding hydrogens is 316 g/mol. The summed E-state index contributed by atoms with van der Waals surface area (Å²) in [5.74, 6) is 0. The van der Waals surface area contributed by atoms with Crippen LogP contribution in [0.15, 0.2) is 22.7 Å². The standard InChI is InChI=1S/C16H25BrN2O/c1-11(18)7-13-8-14(17)5-6-15(13)19-9-12(2)20-16(3,4)10-19/h5-6,8,11-12H,7,9-10,18H2,1-4H3. The zero-order valence-corrected chi connectivity index (χ0v) is 14.4. The van der Waals surface area contributed by atoms with Crippen molar-refractivity contribution < 1.29 is 4.74 Å². The monoisotopic (exact) mass is 340 g/mol. The molecule has 1 aliphatic heterocycles. The van der Waals surface area contributed by atoms with E-state index in [2.05, 4.69) is 66.7 Å². The van der Waals surface area contributed by atoms with Crippen LogP contribution in [0.25, 0.3) is 0 Å². The zero-order valence-electron chi connectivity index (χ0n) is 12.8. The SMILES string of the molecule is CC(N)Cc1cc(Br)ccc1N1CC(C)OC(C)(C)C1. The fourth-order valence-corrected chi connectivity index (χ4v) is 3.42. The first-order valence-corrected chi connectivity index (χ1v) is 8.03. The Bertz CT molecular complexity index is 474. The predicted octanol–water partition coefficient (Wildman–Crippen LogP) is 3.34. The highest BCUT2D eigenvalue weighted by atomic mass is 79.9. The molecule has 2 rings (SSSR count). The summed E-state index contributed by atoms with van der Waals surface area (Å²) in [7, 11) is 0. The smallest absolute Gasteiger partial charge is 0.0805 e. The van der Waals surface area contributed by atoms with Crippen LogP contribution in [0.1, 0.15) is 33.3 Å². The molecule has 1 aromatic carbocycles. The molecule has 0 bridgehead atoms. The summed E-state index contributed by atoms with van der Waals surface area (Å²) < 4.78 is 7.10. The van der Waals surface area contributed by atoms with Crippen LogP contribution in [-0.4, -0.2) is 30.8 Å². The number of hydrogen-bond acceptors (Lipinski definition) is 3. The highest BCUT2D eigenvalue weighted by molar-refractivity contribution is 9.10. The van der Waals surface area contributed by atoms with Crippen LogP contribution >= 0.6 is 15.9 Å². The van der Waals surface area contributed by atoms with Gasteiger partial charge in [0.15, 0.2) is 0 Å². The molecule has 1 heterocycles. The third kappa shape index (κ3) is 3.96. The number of anilines is 1. The van der Waals surface area contributed by atoms with Crippen molar-refractivity contribution in [1.82, 2.24) is 0 Å². The zero-order chi connectivity index (χ0) is 14.9. The van der Waals surface area contributed by atoms with E-state index >= 15 is 0 Å². The van der Waals surface area contributed by atoms with Crippen LogP contribution in [0.2, 0.25) is 0 Å². The van der Waals surface area contributed by atoms with E-state index in [1.54, 1.807) is 0 Å². The molecule has 3 nitrogen and oxygen atoms in total. The normalized spacial score (nSPS) is 23.7. The van der Waals surface area contributed by atoms with Gasteiger partial charge in [-0.15, -0.1) is 0 Å². The third-order valence-electron chi connectivity index (χ3n) is 3.49. The van der Waals surface area contributed by atoms with E-state index in [0.29, 0.717) is 0 Å². The molecule has 0 saturated carbocycles. The third-order valence-corrected chi connectivity index (χ3v) is 3.99. The van der Waals surface area contributed by atoms with Crippen molar-refractivity contribution in [2.45, 2.75) is 51.9 Å². The van der Waals surface area contributed by atoms with Gasteiger partial charge in [-0.05, 0) is 57.9 Å². The molecule has 1 fully saturated rings. The lowest BCUT2D eigenvalue weighted by atomic mass is 10.0. The molecule has 0 spiro atoms. The number of nitrogens with two attached hydrogens (primary N) is 1. The maximum absolute atomic E-state index is 6.00. The molecule has 2 atom stereocenters. The van der Waals surface area contributed by atoms with Gasteiger partial charge in [0.05, 0.1) is 11.7 Å². The summed E-state index contributed by atoms with van der Waals surface area (Å²) in [6.07, 6.45) is 1.13. The largest absolute Gasteiger partial charge is 0.369 e. The van der Waals surface area contributed by atoms with Crippen LogP contribution in [0, 0.1) is 0 Å². The molecule has 1 saturated heterocycles. The van der Waals surface area contributed by atoms with Crippen molar-refractivity contribution >= 4 is 21.6 Å². The van der Waals surface area contributed by atoms with Crippen molar-refractivity contribution in [3.8, 4) is 0 Å². The number of ether oxygens (including phenoxy) is 1. The maximum Gasteiger partial charge on any atom is 0.0805 e. The van der Waals surface area contributed by atoms with E-state index in [9.17, 15) is 0 Å². The number of halogens is 1. The lowest BCUT2D eigenvalue weighted by molar-refractivity contribution is -0.0750. The Morgan fingerprint density at radius 3 is 2.80 bits per heavy atom. The van der Waals surface area contributed by atoms with Gasteiger partial charge in [0, 0.05) is 29.3 Å². The Morgan fingerprint density at radius 1 is 1.50 bits per heavy atom. The summed E-state index contributed by atoms with van der Waals surface area (Å²) in [6.45, 7) is 10.3. The van der Waals surface area contributed by atoms with E-state index in [1.807, 2.05) is 0 Å². The Balaban J connectivity index is 2.31. The van der Waals surface area contributed by atoms with Crippen LogP contribution in [-0.2, 0) is 11.2 Å². The summed E-state index contributed by atoms with van der Waals surface area (Å²) in [4.78, 5) is 2.43. The van der Waals surface area contributed by atoms with E-state index in [-0.39, 0.29) is 17.7 Å². The summed E-state index contributed by atoms with van der Waals surface area (Å²) >= 11 is 3.56. The predicted molar refractivity (Wildman–Crippen MR) is 88.3 cm³/mol. The molecule has 1 aliphatic rings. The summed E-state index contributed by atoms with van der Waals surface area (Å²) in [6, 6.07) is 6.64. The first-order chi connectivity index (χ1) is 9.27. The number of morpholine rings is 1. The van der Waals surface area contributed by atoms with E-state index in [4.69, 9.17) is 10.5 Å². The number of hydrogen-bond donors (Lipinski definition) is 1. The Labute approximate surface area is 130 Å². The van der Waals surface area contributed by atoms with Gasteiger partial charge in [-0.1, -0.05) is 15.9 Å². The minimum atomic E-state index is -0.115. The molecule has 20 heavy (non-hydrogen) atoms. The Hall–Kier alpha value is -0.580. The van der Waals surface area contributed by atoms with Gasteiger partial charge in [-0.25, -0.2) is 0 Å². The van der Waals surface area contributed by atoms with E-state index in [0.717, 1.165) is 24.0 Å². The van der Waals surface area contributed by atoms with Gasteiger partial charge in [-0.3, -0.25) is 0 Å². The van der Waals surface area contributed by atoms with Gasteiger partial charge in [0.1, 0.15) is 0 Å². The molecule has 2 unspecified atom stereocenters. The Kier molecular flexibility index (Phi) is 4.77. The van der Waals surface area contributed by atoms with Crippen molar-refractivity contribution in [3.05, 3.63) is 28.2 Å². The molecule has 112 valence electrons. The summed E-state index contributed by atoms with van der Waals surface area (Å²) in [5.41, 5.74) is 8.47. The second-order valence-corrected chi connectivity index (χ2v) is 7.44. The number of nitrogens with zero attached hydrogens (tertiary/aromatic N) is 1. The molecule has 1 aromatic rings. The lowest BCUT2D eigenvalue weighted by Crippen LogP contribution is -2.52. The Morgan fingerprint density at radius 2 is 2.20 bits per heavy atom. The summed E-state index contributed by atoms with van der Waals surface area (Å²) in [5, 5.41) is 0. The van der Waals surface area contributed by atoms with Crippen molar-refractivity contribution in [1.29, 1.82) is 0 Å². The molecule has 0 aliphatic carbocycles. The first kappa shape index (κ1) is 15.8. The quantitative estimate of drug-likeness (QED) is 0.916. The average Bonchev–Trinajstić information content (AvgIpc) is 2.24. The molecule has 2 N–H and O–H groups in total. The molecule has 0 aromatic heterocycles. The highest BCUT2D eigenvalue weighted by Crippen LogP contribution is 2.31. The molecule has 0 radical (unpaired) electrons. The first-order valence-electron chi connectivity index (χ1n) is 7.23. The highest BCUT2D eigenvalue weighted by Gasteiger charge is 2.32. The van der Waals surface area contributed by atoms with Crippen molar-refractivity contribution in [2.24, 2.45) is 5.73 Å². The average molecular weight is 341 g/mol. The van der Waals surface area contributed by atoms with Crippen molar-refractivity contribution in [2.75, 3.05) is 18.0 Å². The van der Waals surface area contributed by atoms with Gasteiger partial charge >= 0.3 is 0 Å². The molecular formula is C16H25BrN2O. The van der Waals surface area contributed by atoms with Crippen LogP contribution < -0.4 is 10.6 Å². The fourth-order valence-electron chi connectivity index (χ4n) is 3.01. The van der Waals surface area contributed by atoms with E-state index < -0.39 is 0 Å². The topological polar surface area (TPSA) is 38.5 Å².